The maximum absolute atomic E-state index is 10.2. The average Bonchev–Trinajstić information content (AvgIpc) is 2.09. The van der Waals surface area contributed by atoms with Crippen molar-refractivity contribution in [2.24, 2.45) is 0 Å². The zero-order valence-electron chi connectivity index (χ0n) is 8.07. The van der Waals surface area contributed by atoms with Gasteiger partial charge in [0.05, 0.1) is 6.10 Å². The third kappa shape index (κ3) is 9.08. The quantitative estimate of drug-likeness (QED) is 0.597. The zero-order valence-corrected chi connectivity index (χ0v) is 8.07. The van der Waals surface area contributed by atoms with E-state index in [0.29, 0.717) is 12.8 Å². The van der Waals surface area contributed by atoms with E-state index in [2.05, 4.69) is 6.92 Å². The molecule has 76 valence electrons. The molecule has 0 aliphatic carbocycles. The van der Waals surface area contributed by atoms with Crippen molar-refractivity contribution < 1.29 is 15.0 Å². The molecule has 3 heteroatoms. The van der Waals surface area contributed by atoms with Crippen molar-refractivity contribution in [1.29, 1.82) is 0 Å². The van der Waals surface area contributed by atoms with Gasteiger partial charge in [0.15, 0.2) is 0 Å². The normalized spacial score (nSPS) is 13.4. The largest absolute Gasteiger partial charge is 0.481 e. The molecule has 0 aromatic rings. The van der Waals surface area contributed by atoms with E-state index in [1.807, 2.05) is 12.2 Å². The van der Waals surface area contributed by atoms with Gasteiger partial charge in [-0.1, -0.05) is 19.1 Å². The second-order valence-electron chi connectivity index (χ2n) is 3.04. The van der Waals surface area contributed by atoms with Crippen molar-refractivity contribution >= 4 is 5.97 Å². The van der Waals surface area contributed by atoms with Crippen molar-refractivity contribution in [2.45, 2.75) is 45.1 Å². The number of aliphatic carboxylic acids is 1. The summed E-state index contributed by atoms with van der Waals surface area (Å²) in [6.45, 7) is 2.05. The van der Waals surface area contributed by atoms with Crippen molar-refractivity contribution in [3.05, 3.63) is 12.2 Å². The molecule has 13 heavy (non-hydrogen) atoms. The van der Waals surface area contributed by atoms with E-state index in [1.165, 1.54) is 0 Å². The molecule has 0 spiro atoms. The van der Waals surface area contributed by atoms with Gasteiger partial charge in [-0.2, -0.15) is 0 Å². The highest BCUT2D eigenvalue weighted by atomic mass is 16.4. The lowest BCUT2D eigenvalue weighted by molar-refractivity contribution is -0.137. The highest BCUT2D eigenvalue weighted by Crippen LogP contribution is 2.05. The minimum Gasteiger partial charge on any atom is -0.481 e. The Morgan fingerprint density at radius 1 is 1.38 bits per heavy atom. The highest BCUT2D eigenvalue weighted by molar-refractivity contribution is 5.66. The lowest BCUT2D eigenvalue weighted by Gasteiger charge is -2.06. The molecule has 0 saturated carbocycles. The molecule has 0 bridgehead atoms. The van der Waals surface area contributed by atoms with E-state index < -0.39 is 12.1 Å². The van der Waals surface area contributed by atoms with Gasteiger partial charge in [0.2, 0.25) is 0 Å². The summed E-state index contributed by atoms with van der Waals surface area (Å²) in [5.74, 6) is -0.844. The second kappa shape index (κ2) is 7.80. The van der Waals surface area contributed by atoms with Crippen molar-refractivity contribution in [1.82, 2.24) is 0 Å². The predicted molar refractivity (Wildman–Crippen MR) is 51.5 cm³/mol. The summed E-state index contributed by atoms with van der Waals surface area (Å²) in [7, 11) is 0. The topological polar surface area (TPSA) is 57.5 Å². The van der Waals surface area contributed by atoms with Crippen LogP contribution < -0.4 is 0 Å². The number of carboxylic acid groups (broad SMARTS) is 1. The van der Waals surface area contributed by atoms with Crippen molar-refractivity contribution in [3.8, 4) is 0 Å². The van der Waals surface area contributed by atoms with Gasteiger partial charge in [-0.25, -0.2) is 0 Å². The molecule has 3 nitrogen and oxygen atoms in total. The van der Waals surface area contributed by atoms with Gasteiger partial charge >= 0.3 is 5.97 Å². The highest BCUT2D eigenvalue weighted by Gasteiger charge is 2.05. The minimum absolute atomic E-state index is 0.0542. The monoisotopic (exact) mass is 186 g/mol. The molecule has 0 amide bonds. The third-order valence-corrected chi connectivity index (χ3v) is 1.76. The van der Waals surface area contributed by atoms with E-state index in [0.717, 1.165) is 12.8 Å². The fourth-order valence-corrected chi connectivity index (χ4v) is 1.01. The molecule has 0 aromatic heterocycles. The van der Waals surface area contributed by atoms with Gasteiger partial charge < -0.3 is 10.2 Å². The van der Waals surface area contributed by atoms with Crippen LogP contribution >= 0.6 is 0 Å². The summed E-state index contributed by atoms with van der Waals surface area (Å²) in [4.78, 5) is 10.2. The van der Waals surface area contributed by atoms with Gasteiger partial charge in [0.1, 0.15) is 0 Å². The number of aliphatic hydroxyl groups is 1. The van der Waals surface area contributed by atoms with Gasteiger partial charge in [-0.3, -0.25) is 4.79 Å². The van der Waals surface area contributed by atoms with E-state index in [-0.39, 0.29) is 6.42 Å². The fourth-order valence-electron chi connectivity index (χ4n) is 1.01. The van der Waals surface area contributed by atoms with Crippen LogP contribution in [-0.4, -0.2) is 22.3 Å². The molecule has 0 saturated heterocycles. The first-order valence-electron chi connectivity index (χ1n) is 4.71. The maximum atomic E-state index is 10.2. The van der Waals surface area contributed by atoms with Crippen LogP contribution in [0.3, 0.4) is 0 Å². The Hall–Kier alpha value is -0.830. The fraction of sp³-hybridized carbons (Fsp3) is 0.700. The first-order valence-corrected chi connectivity index (χ1v) is 4.71. The number of aliphatic hydroxyl groups excluding tert-OH is 1. The van der Waals surface area contributed by atoms with Gasteiger partial charge in [-0.05, 0) is 25.7 Å². The minimum atomic E-state index is -0.844. The van der Waals surface area contributed by atoms with E-state index in [1.54, 1.807) is 0 Å². The van der Waals surface area contributed by atoms with Crippen LogP contribution in [0.25, 0.3) is 0 Å². The Balaban J connectivity index is 3.34. The molecule has 0 fully saturated rings. The van der Waals surface area contributed by atoms with Crippen LogP contribution in [0.1, 0.15) is 39.0 Å². The summed E-state index contributed by atoms with van der Waals surface area (Å²) >= 11 is 0. The SMILES string of the molecule is CC/C=C\CCC(O)CCC(=O)O. The second-order valence-corrected chi connectivity index (χ2v) is 3.04. The smallest absolute Gasteiger partial charge is 0.303 e. The Bertz CT molecular complexity index is 164. The van der Waals surface area contributed by atoms with Gasteiger partial charge in [-0.15, -0.1) is 0 Å². The van der Waals surface area contributed by atoms with Crippen LogP contribution in [0, 0.1) is 0 Å². The maximum Gasteiger partial charge on any atom is 0.303 e. The first kappa shape index (κ1) is 12.2. The molecule has 0 rings (SSSR count). The summed E-state index contributed by atoms with van der Waals surface area (Å²) in [5.41, 5.74) is 0. The molecular weight excluding hydrogens is 168 g/mol. The Morgan fingerprint density at radius 3 is 2.62 bits per heavy atom. The standard InChI is InChI=1S/C10H18O3/c1-2-3-4-5-6-9(11)7-8-10(12)13/h3-4,9,11H,2,5-8H2,1H3,(H,12,13)/b4-3-. The molecule has 0 heterocycles. The van der Waals surface area contributed by atoms with Crippen LogP contribution in [-0.2, 0) is 4.79 Å². The number of allylic oxidation sites excluding steroid dienone is 2. The van der Waals surface area contributed by atoms with Gasteiger partial charge in [0.25, 0.3) is 0 Å². The predicted octanol–water partition coefficient (Wildman–Crippen LogP) is 1.96. The van der Waals surface area contributed by atoms with Crippen LogP contribution in [0.5, 0.6) is 0 Å². The number of rotatable bonds is 7. The molecule has 2 N–H and O–H groups in total. The average molecular weight is 186 g/mol. The van der Waals surface area contributed by atoms with Gasteiger partial charge in [0, 0.05) is 6.42 Å². The Labute approximate surface area is 79.1 Å². The lowest BCUT2D eigenvalue weighted by Crippen LogP contribution is -2.08. The molecule has 1 atom stereocenters. The summed E-state index contributed by atoms with van der Waals surface area (Å²) in [6.07, 6.45) is 6.49. The van der Waals surface area contributed by atoms with Crippen LogP contribution in [0.4, 0.5) is 0 Å². The van der Waals surface area contributed by atoms with Crippen LogP contribution in [0.15, 0.2) is 12.2 Å². The van der Waals surface area contributed by atoms with E-state index in [4.69, 9.17) is 5.11 Å². The summed E-state index contributed by atoms with van der Waals surface area (Å²) < 4.78 is 0. The number of hydrogen-bond donors (Lipinski definition) is 2. The molecular formula is C10H18O3. The Morgan fingerprint density at radius 2 is 2.08 bits per heavy atom. The van der Waals surface area contributed by atoms with Crippen molar-refractivity contribution in [2.75, 3.05) is 0 Å². The third-order valence-electron chi connectivity index (χ3n) is 1.76. The lowest BCUT2D eigenvalue weighted by atomic mass is 10.1. The number of carboxylic acids is 1. The molecule has 0 aliphatic rings. The summed E-state index contributed by atoms with van der Waals surface area (Å²) in [5, 5.41) is 17.6. The molecule has 0 aromatic carbocycles. The zero-order chi connectivity index (χ0) is 10.1. The Kier molecular flexibility index (Phi) is 7.30. The molecule has 0 radical (unpaired) electrons. The van der Waals surface area contributed by atoms with E-state index >= 15 is 0 Å². The van der Waals surface area contributed by atoms with Crippen LogP contribution in [0.2, 0.25) is 0 Å². The number of carbonyl (C=O) groups is 1. The number of hydrogen-bond acceptors (Lipinski definition) is 2. The molecule has 1 unspecified atom stereocenters. The van der Waals surface area contributed by atoms with E-state index in [9.17, 15) is 9.90 Å². The molecule has 0 aliphatic heterocycles. The van der Waals surface area contributed by atoms with Crippen molar-refractivity contribution in [3.63, 3.8) is 0 Å². The first-order chi connectivity index (χ1) is 6.16. The summed E-state index contributed by atoms with van der Waals surface area (Å²) in [6, 6.07) is 0.